The second-order valence-corrected chi connectivity index (χ2v) is 8.54. The molecule has 0 saturated carbocycles. The first kappa shape index (κ1) is 20.1. The summed E-state index contributed by atoms with van der Waals surface area (Å²) in [5.74, 6) is -0.756. The Morgan fingerprint density at radius 3 is 2.21 bits per heavy atom. The minimum Gasteiger partial charge on any atom is -0.366 e. The van der Waals surface area contributed by atoms with Crippen molar-refractivity contribution in [3.05, 3.63) is 63.2 Å². The van der Waals surface area contributed by atoms with E-state index in [-0.39, 0.29) is 42.3 Å². The van der Waals surface area contributed by atoms with Crippen molar-refractivity contribution in [1.82, 2.24) is 4.31 Å². The minimum atomic E-state index is -3.68. The molecule has 1 heterocycles. The third-order valence-corrected chi connectivity index (χ3v) is 6.65. The molecule has 28 heavy (non-hydrogen) atoms. The van der Waals surface area contributed by atoms with E-state index in [9.17, 15) is 23.3 Å². The van der Waals surface area contributed by atoms with Crippen LogP contribution >= 0.6 is 11.6 Å². The van der Waals surface area contributed by atoms with Crippen molar-refractivity contribution < 1.29 is 18.1 Å². The molecule has 2 aromatic rings. The fourth-order valence-electron chi connectivity index (χ4n) is 3.02. The van der Waals surface area contributed by atoms with Crippen LogP contribution in [0.15, 0.2) is 47.4 Å². The molecule has 0 radical (unpaired) electrons. The number of sulfonamides is 1. The first-order chi connectivity index (χ1) is 13.2. The zero-order chi connectivity index (χ0) is 20.5. The smallest absolute Gasteiger partial charge is 0.293 e. The van der Waals surface area contributed by atoms with Crippen molar-refractivity contribution in [2.45, 2.75) is 4.90 Å². The first-order valence-corrected chi connectivity index (χ1v) is 10.1. The number of piperazine rings is 1. The standard InChI is InChI=1S/C17H17ClN4O5S/c18-13-2-4-14(5-3-13)28(26,27)21-9-7-20(8-10-21)15-6-1-12(17(19)23)11-16(15)22(24)25/h1-6,11H,7-10H2,(H2,19,23). The molecule has 0 aromatic heterocycles. The number of hydrogen-bond acceptors (Lipinski definition) is 6. The van der Waals surface area contributed by atoms with Crippen molar-refractivity contribution in [1.29, 1.82) is 0 Å². The van der Waals surface area contributed by atoms with Crippen LogP contribution in [0.4, 0.5) is 11.4 Å². The lowest BCUT2D eigenvalue weighted by molar-refractivity contribution is -0.384. The van der Waals surface area contributed by atoms with E-state index in [1.807, 2.05) is 0 Å². The van der Waals surface area contributed by atoms with E-state index < -0.39 is 20.9 Å². The summed E-state index contributed by atoms with van der Waals surface area (Å²) in [7, 11) is -3.68. The van der Waals surface area contributed by atoms with Gasteiger partial charge in [0.05, 0.1) is 9.82 Å². The number of halogens is 1. The molecule has 2 N–H and O–H groups in total. The number of hydrogen-bond donors (Lipinski definition) is 1. The van der Waals surface area contributed by atoms with Gasteiger partial charge in [-0.1, -0.05) is 11.6 Å². The minimum absolute atomic E-state index is 0.0411. The van der Waals surface area contributed by atoms with Gasteiger partial charge in [-0.2, -0.15) is 4.31 Å². The van der Waals surface area contributed by atoms with Gasteiger partial charge in [0.1, 0.15) is 5.69 Å². The van der Waals surface area contributed by atoms with Gasteiger partial charge in [-0.3, -0.25) is 14.9 Å². The highest BCUT2D eigenvalue weighted by molar-refractivity contribution is 7.89. The molecule has 2 aromatic carbocycles. The van der Waals surface area contributed by atoms with Crippen molar-refractivity contribution in [2.75, 3.05) is 31.1 Å². The average Bonchev–Trinajstić information content (AvgIpc) is 2.68. The fourth-order valence-corrected chi connectivity index (χ4v) is 4.56. The number of carbonyl (C=O) groups is 1. The maximum atomic E-state index is 12.7. The van der Waals surface area contributed by atoms with E-state index in [4.69, 9.17) is 17.3 Å². The van der Waals surface area contributed by atoms with Crippen LogP contribution in [-0.2, 0) is 10.0 Å². The highest BCUT2D eigenvalue weighted by Gasteiger charge is 2.31. The molecule has 1 amide bonds. The Bertz CT molecular complexity index is 1020. The Morgan fingerprint density at radius 2 is 1.68 bits per heavy atom. The number of benzene rings is 2. The molecular formula is C17H17ClN4O5S. The Kier molecular flexibility index (Phi) is 5.54. The molecule has 0 unspecified atom stereocenters. The van der Waals surface area contributed by atoms with Gasteiger partial charge in [0, 0.05) is 42.8 Å². The van der Waals surface area contributed by atoms with Gasteiger partial charge in [-0.05, 0) is 36.4 Å². The zero-order valence-corrected chi connectivity index (χ0v) is 16.2. The van der Waals surface area contributed by atoms with Gasteiger partial charge in [0.15, 0.2) is 0 Å². The van der Waals surface area contributed by atoms with Crippen molar-refractivity contribution in [3.8, 4) is 0 Å². The van der Waals surface area contributed by atoms with Crippen molar-refractivity contribution in [2.24, 2.45) is 5.73 Å². The second-order valence-electron chi connectivity index (χ2n) is 6.17. The number of anilines is 1. The summed E-state index contributed by atoms with van der Waals surface area (Å²) in [4.78, 5) is 23.9. The molecule has 0 aliphatic carbocycles. The van der Waals surface area contributed by atoms with Crippen molar-refractivity contribution in [3.63, 3.8) is 0 Å². The molecule has 3 rings (SSSR count). The van der Waals surface area contributed by atoms with Crippen LogP contribution in [0.3, 0.4) is 0 Å². The van der Waals surface area contributed by atoms with Gasteiger partial charge < -0.3 is 10.6 Å². The van der Waals surface area contributed by atoms with Gasteiger partial charge >= 0.3 is 0 Å². The molecule has 0 spiro atoms. The lowest BCUT2D eigenvalue weighted by Crippen LogP contribution is -2.48. The first-order valence-electron chi connectivity index (χ1n) is 8.29. The highest BCUT2D eigenvalue weighted by atomic mass is 35.5. The number of rotatable bonds is 5. The summed E-state index contributed by atoms with van der Waals surface area (Å²) in [5.41, 5.74) is 5.30. The number of carbonyl (C=O) groups excluding carboxylic acids is 1. The summed E-state index contributed by atoms with van der Waals surface area (Å²) >= 11 is 5.81. The lowest BCUT2D eigenvalue weighted by Gasteiger charge is -2.35. The topological polar surface area (TPSA) is 127 Å². The van der Waals surface area contributed by atoms with Crippen LogP contribution in [0.25, 0.3) is 0 Å². The summed E-state index contributed by atoms with van der Waals surface area (Å²) in [6.45, 7) is 0.868. The van der Waals surface area contributed by atoms with E-state index in [1.54, 1.807) is 4.90 Å². The Morgan fingerprint density at radius 1 is 1.07 bits per heavy atom. The summed E-state index contributed by atoms with van der Waals surface area (Å²) < 4.78 is 26.8. The van der Waals surface area contributed by atoms with E-state index in [0.29, 0.717) is 10.7 Å². The summed E-state index contributed by atoms with van der Waals surface area (Å²) in [5, 5.41) is 11.8. The quantitative estimate of drug-likeness (QED) is 0.576. The average molecular weight is 425 g/mol. The molecule has 148 valence electrons. The van der Waals surface area contributed by atoms with Gasteiger partial charge in [0.2, 0.25) is 15.9 Å². The van der Waals surface area contributed by atoms with Gasteiger partial charge in [-0.25, -0.2) is 8.42 Å². The van der Waals surface area contributed by atoms with E-state index in [0.717, 1.165) is 6.07 Å². The maximum absolute atomic E-state index is 12.7. The normalized spacial score (nSPS) is 15.4. The third-order valence-electron chi connectivity index (χ3n) is 4.49. The molecule has 1 saturated heterocycles. The SMILES string of the molecule is NC(=O)c1ccc(N2CCN(S(=O)(=O)c3ccc(Cl)cc3)CC2)c([N+](=O)[O-])c1. The molecule has 0 atom stereocenters. The van der Waals surface area contributed by atoms with Crippen molar-refractivity contribution >= 4 is 38.9 Å². The predicted octanol–water partition coefficient (Wildman–Crippen LogP) is 1.86. The predicted molar refractivity (Wildman–Crippen MR) is 104 cm³/mol. The number of nitro benzene ring substituents is 1. The van der Waals surface area contributed by atoms with E-state index in [2.05, 4.69) is 0 Å². The van der Waals surface area contributed by atoms with E-state index in [1.165, 1.54) is 40.7 Å². The number of nitrogens with two attached hydrogens (primary N) is 1. The molecule has 9 nitrogen and oxygen atoms in total. The zero-order valence-electron chi connectivity index (χ0n) is 14.6. The van der Waals surface area contributed by atoms with Crippen LogP contribution in [0, 0.1) is 10.1 Å². The van der Waals surface area contributed by atoms with Gasteiger partial charge in [-0.15, -0.1) is 0 Å². The van der Waals surface area contributed by atoms with E-state index >= 15 is 0 Å². The second kappa shape index (κ2) is 7.74. The van der Waals surface area contributed by atoms with Crippen LogP contribution < -0.4 is 10.6 Å². The Labute approximate surface area is 166 Å². The molecule has 0 bridgehead atoms. The third kappa shape index (κ3) is 3.93. The Hall–Kier alpha value is -2.69. The Balaban J connectivity index is 1.79. The molecule has 1 aliphatic rings. The number of nitro groups is 1. The largest absolute Gasteiger partial charge is 0.366 e. The maximum Gasteiger partial charge on any atom is 0.293 e. The molecule has 1 fully saturated rings. The van der Waals surface area contributed by atoms with Crippen LogP contribution in [0.5, 0.6) is 0 Å². The van der Waals surface area contributed by atoms with Crippen LogP contribution in [0.2, 0.25) is 5.02 Å². The fraction of sp³-hybridized carbons (Fsp3) is 0.235. The molecule has 1 aliphatic heterocycles. The number of amides is 1. The number of primary amides is 1. The number of nitrogens with zero attached hydrogens (tertiary/aromatic N) is 3. The van der Waals surface area contributed by atoms with Gasteiger partial charge in [0.25, 0.3) is 5.69 Å². The lowest BCUT2D eigenvalue weighted by atomic mass is 10.1. The summed E-state index contributed by atoms with van der Waals surface area (Å²) in [6.07, 6.45) is 0. The molecular weight excluding hydrogens is 408 g/mol. The van der Waals surface area contributed by atoms with Crippen LogP contribution in [0.1, 0.15) is 10.4 Å². The molecule has 11 heteroatoms. The highest BCUT2D eigenvalue weighted by Crippen LogP contribution is 2.31. The monoisotopic (exact) mass is 424 g/mol. The summed E-state index contributed by atoms with van der Waals surface area (Å²) in [6, 6.07) is 9.91. The van der Waals surface area contributed by atoms with Crippen LogP contribution in [-0.4, -0.2) is 49.7 Å².